The third-order valence-electron chi connectivity index (χ3n) is 5.72. The number of allylic oxidation sites excluding steroid dienone is 2. The van der Waals surface area contributed by atoms with Crippen LogP contribution in [0.4, 0.5) is 5.69 Å². The number of hydrogen-bond donors (Lipinski definition) is 1. The summed E-state index contributed by atoms with van der Waals surface area (Å²) in [5.41, 5.74) is 3.99. The number of carbonyl (C=O) groups is 1. The molecule has 0 unspecified atom stereocenters. The molecule has 1 aliphatic carbocycles. The third-order valence-corrected chi connectivity index (χ3v) is 7.69. The van der Waals surface area contributed by atoms with Gasteiger partial charge in [-0.1, -0.05) is 12.1 Å². The van der Waals surface area contributed by atoms with Crippen molar-refractivity contribution in [2.45, 2.75) is 24.7 Å². The first-order valence-corrected chi connectivity index (χ1v) is 11.3. The molecule has 0 spiro atoms. The molecule has 148 valence electrons. The average molecular weight is 424 g/mol. The third kappa shape index (κ3) is 3.07. The van der Waals surface area contributed by atoms with Crippen LogP contribution in [0.5, 0.6) is 11.5 Å². The number of ketones is 1. The summed E-state index contributed by atoms with van der Waals surface area (Å²) in [6.07, 6.45) is 1.41. The van der Waals surface area contributed by atoms with Gasteiger partial charge in [-0.3, -0.25) is 4.79 Å². The van der Waals surface area contributed by atoms with E-state index >= 15 is 0 Å². The normalized spacial score (nSPS) is 20.7. The summed E-state index contributed by atoms with van der Waals surface area (Å²) in [5, 5.41) is 7.72. The molecular formula is C23H21NO3S2. The molecule has 2 aromatic heterocycles. The Morgan fingerprint density at radius 1 is 0.966 bits per heavy atom. The predicted molar refractivity (Wildman–Crippen MR) is 118 cm³/mol. The fourth-order valence-electron chi connectivity index (χ4n) is 4.42. The molecule has 1 aliphatic heterocycles. The van der Waals surface area contributed by atoms with Gasteiger partial charge in [0.2, 0.25) is 0 Å². The molecule has 3 aromatic rings. The zero-order valence-electron chi connectivity index (χ0n) is 16.2. The van der Waals surface area contributed by atoms with Crippen LogP contribution in [0, 0.1) is 0 Å². The lowest BCUT2D eigenvalue weighted by molar-refractivity contribution is -0.116. The largest absolute Gasteiger partial charge is 0.493 e. The van der Waals surface area contributed by atoms with Crippen molar-refractivity contribution in [1.29, 1.82) is 0 Å². The number of hydrogen-bond acceptors (Lipinski definition) is 6. The van der Waals surface area contributed by atoms with E-state index in [2.05, 4.69) is 34.3 Å². The number of rotatable bonds is 4. The van der Waals surface area contributed by atoms with E-state index in [1.807, 2.05) is 18.2 Å². The Kier molecular flexibility index (Phi) is 4.68. The van der Waals surface area contributed by atoms with Gasteiger partial charge in [-0.25, -0.2) is 0 Å². The van der Waals surface area contributed by atoms with Crippen LogP contribution in [0.3, 0.4) is 0 Å². The van der Waals surface area contributed by atoms with Gasteiger partial charge in [-0.2, -0.15) is 0 Å². The van der Waals surface area contributed by atoms with Gasteiger partial charge in [0.25, 0.3) is 0 Å². The minimum atomic E-state index is -0.0714. The molecule has 2 aliphatic rings. The van der Waals surface area contributed by atoms with E-state index in [4.69, 9.17) is 9.47 Å². The topological polar surface area (TPSA) is 47.6 Å². The van der Waals surface area contributed by atoms with Crippen LogP contribution in [0.2, 0.25) is 0 Å². The highest BCUT2D eigenvalue weighted by Crippen LogP contribution is 2.51. The van der Waals surface area contributed by atoms with E-state index in [1.165, 1.54) is 9.75 Å². The molecule has 1 N–H and O–H groups in total. The molecule has 3 heterocycles. The maximum absolute atomic E-state index is 13.4. The van der Waals surface area contributed by atoms with Crippen molar-refractivity contribution >= 4 is 34.1 Å². The van der Waals surface area contributed by atoms with Crippen LogP contribution in [0.25, 0.3) is 0 Å². The molecule has 0 fully saturated rings. The van der Waals surface area contributed by atoms with Gasteiger partial charge in [0.15, 0.2) is 17.3 Å². The number of nitrogens with one attached hydrogen (secondary N) is 1. The molecule has 2 atom stereocenters. The summed E-state index contributed by atoms with van der Waals surface area (Å²) >= 11 is 3.42. The van der Waals surface area contributed by atoms with Gasteiger partial charge in [0.1, 0.15) is 0 Å². The van der Waals surface area contributed by atoms with Crippen LogP contribution in [-0.4, -0.2) is 20.0 Å². The van der Waals surface area contributed by atoms with E-state index in [1.54, 1.807) is 36.9 Å². The molecule has 5 rings (SSSR count). The number of thiophene rings is 2. The highest BCUT2D eigenvalue weighted by atomic mass is 32.1. The standard InChI is InChI=1S/C23H21NO3S2/c1-26-18-11-14-15(12-19(18)27-2)24-16-9-13(20-5-3-7-28-20)10-17(25)23(16)22(14)21-6-4-8-29-21/h3-8,11-13,22,24H,9-10H2,1-2H3/t13-,22-/m1/s1. The van der Waals surface area contributed by atoms with Gasteiger partial charge in [-0.15, -0.1) is 22.7 Å². The summed E-state index contributed by atoms with van der Waals surface area (Å²) in [4.78, 5) is 15.8. The fourth-order valence-corrected chi connectivity index (χ4v) is 6.10. The van der Waals surface area contributed by atoms with Crippen molar-refractivity contribution < 1.29 is 14.3 Å². The number of fused-ring (bicyclic) bond motifs is 1. The molecule has 6 heteroatoms. The summed E-state index contributed by atoms with van der Waals surface area (Å²) in [5.74, 6) is 1.76. The van der Waals surface area contributed by atoms with Crippen molar-refractivity contribution in [2.24, 2.45) is 0 Å². The van der Waals surface area contributed by atoms with Crippen molar-refractivity contribution in [3.05, 3.63) is 73.7 Å². The van der Waals surface area contributed by atoms with E-state index in [-0.39, 0.29) is 17.6 Å². The summed E-state index contributed by atoms with van der Waals surface area (Å²) in [7, 11) is 3.29. The van der Waals surface area contributed by atoms with E-state index in [0.29, 0.717) is 17.9 Å². The van der Waals surface area contributed by atoms with Crippen LogP contribution >= 0.6 is 22.7 Å². The van der Waals surface area contributed by atoms with Gasteiger partial charge >= 0.3 is 0 Å². The smallest absolute Gasteiger partial charge is 0.162 e. The van der Waals surface area contributed by atoms with Crippen molar-refractivity contribution in [2.75, 3.05) is 19.5 Å². The monoisotopic (exact) mass is 423 g/mol. The fraction of sp³-hybridized carbons (Fsp3) is 0.261. The molecule has 0 saturated carbocycles. The van der Waals surface area contributed by atoms with Crippen molar-refractivity contribution in [3.63, 3.8) is 0 Å². The Bertz CT molecular complexity index is 1080. The molecule has 0 bridgehead atoms. The first kappa shape index (κ1) is 18.5. The quantitative estimate of drug-likeness (QED) is 0.577. The van der Waals surface area contributed by atoms with Gasteiger partial charge in [0, 0.05) is 45.1 Å². The maximum atomic E-state index is 13.4. The maximum Gasteiger partial charge on any atom is 0.162 e. The second-order valence-corrected chi connectivity index (χ2v) is 9.26. The molecular weight excluding hydrogens is 402 g/mol. The zero-order valence-corrected chi connectivity index (χ0v) is 17.9. The number of Topliss-reactive ketones (excluding diaryl/α,β-unsaturated/α-hetero) is 1. The molecule has 0 amide bonds. The SMILES string of the molecule is COc1cc2c(cc1OC)[C@H](c1cccs1)C1=C(C[C@@H](c3cccs3)CC1=O)N2. The Morgan fingerprint density at radius 3 is 2.31 bits per heavy atom. The Labute approximate surface area is 177 Å². The first-order valence-electron chi connectivity index (χ1n) is 9.55. The van der Waals surface area contributed by atoms with Crippen molar-refractivity contribution in [3.8, 4) is 11.5 Å². The number of ether oxygens (including phenoxy) is 2. The van der Waals surface area contributed by atoms with E-state index in [0.717, 1.165) is 28.9 Å². The number of benzene rings is 1. The second-order valence-electron chi connectivity index (χ2n) is 7.30. The molecule has 4 nitrogen and oxygen atoms in total. The Balaban J connectivity index is 1.66. The predicted octanol–water partition coefficient (Wildman–Crippen LogP) is 5.79. The van der Waals surface area contributed by atoms with Gasteiger partial charge in [0.05, 0.1) is 20.1 Å². The molecule has 1 aromatic carbocycles. The minimum absolute atomic E-state index is 0.0714. The minimum Gasteiger partial charge on any atom is -0.493 e. The van der Waals surface area contributed by atoms with Crippen LogP contribution in [-0.2, 0) is 4.79 Å². The highest BCUT2D eigenvalue weighted by Gasteiger charge is 2.39. The van der Waals surface area contributed by atoms with Crippen molar-refractivity contribution in [1.82, 2.24) is 0 Å². The Hall–Kier alpha value is -2.57. The highest BCUT2D eigenvalue weighted by molar-refractivity contribution is 7.10. The lowest BCUT2D eigenvalue weighted by atomic mass is 9.74. The van der Waals surface area contributed by atoms with Crippen LogP contribution in [0.15, 0.2) is 58.4 Å². The Morgan fingerprint density at radius 2 is 1.66 bits per heavy atom. The summed E-state index contributed by atoms with van der Waals surface area (Å²) < 4.78 is 11.1. The first-order chi connectivity index (χ1) is 14.2. The molecule has 0 radical (unpaired) electrons. The lowest BCUT2D eigenvalue weighted by Gasteiger charge is -2.36. The summed E-state index contributed by atoms with van der Waals surface area (Å²) in [6.45, 7) is 0. The van der Waals surface area contributed by atoms with E-state index in [9.17, 15) is 4.79 Å². The second kappa shape index (κ2) is 7.35. The van der Waals surface area contributed by atoms with Gasteiger partial charge < -0.3 is 14.8 Å². The lowest BCUT2D eigenvalue weighted by Crippen LogP contribution is -2.29. The average Bonchev–Trinajstić information content (AvgIpc) is 3.45. The number of methoxy groups -OCH3 is 2. The number of carbonyl (C=O) groups excluding carboxylic acids is 1. The van der Waals surface area contributed by atoms with Gasteiger partial charge in [-0.05, 0) is 40.9 Å². The zero-order chi connectivity index (χ0) is 20.0. The molecule has 0 saturated heterocycles. The van der Waals surface area contributed by atoms with Crippen LogP contribution in [0.1, 0.15) is 40.0 Å². The van der Waals surface area contributed by atoms with E-state index < -0.39 is 0 Å². The number of anilines is 1. The summed E-state index contributed by atoms with van der Waals surface area (Å²) in [6, 6.07) is 12.3. The molecule has 29 heavy (non-hydrogen) atoms. The van der Waals surface area contributed by atoms with Crippen LogP contribution < -0.4 is 14.8 Å².